The Hall–Kier alpha value is -0.500. The van der Waals surface area contributed by atoms with Crippen LogP contribution in [-0.2, 0) is 16.6 Å². The zero-order chi connectivity index (χ0) is 15.5. The van der Waals surface area contributed by atoms with E-state index >= 15 is 0 Å². The number of thioether (sulfide) groups is 1. The Morgan fingerprint density at radius 1 is 1.38 bits per heavy atom. The minimum absolute atomic E-state index is 0.00275. The van der Waals surface area contributed by atoms with E-state index in [-0.39, 0.29) is 22.0 Å². The van der Waals surface area contributed by atoms with Gasteiger partial charge in [-0.05, 0) is 26.0 Å². The SMILES string of the molecule is CSC1(CNS(=O)(=O)c2cc(CO)oc2C)CCCCC1. The second-order valence-electron chi connectivity index (χ2n) is 5.56. The first-order valence-electron chi connectivity index (χ1n) is 7.17. The summed E-state index contributed by atoms with van der Waals surface area (Å²) in [6.07, 6.45) is 7.68. The smallest absolute Gasteiger partial charge is 0.244 e. The van der Waals surface area contributed by atoms with Crippen LogP contribution in [0.3, 0.4) is 0 Å². The summed E-state index contributed by atoms with van der Waals surface area (Å²) in [6, 6.07) is 1.39. The van der Waals surface area contributed by atoms with E-state index in [1.807, 2.05) is 6.26 Å². The number of rotatable bonds is 6. The van der Waals surface area contributed by atoms with Crippen LogP contribution in [0.5, 0.6) is 0 Å². The minimum atomic E-state index is -3.60. The fourth-order valence-corrected chi connectivity index (χ4v) is 5.16. The molecule has 120 valence electrons. The van der Waals surface area contributed by atoms with E-state index in [0.29, 0.717) is 12.3 Å². The number of nitrogens with one attached hydrogen (secondary N) is 1. The van der Waals surface area contributed by atoms with Crippen LogP contribution in [0.15, 0.2) is 15.4 Å². The minimum Gasteiger partial charge on any atom is -0.462 e. The van der Waals surface area contributed by atoms with Crippen LogP contribution < -0.4 is 4.72 Å². The summed E-state index contributed by atoms with van der Waals surface area (Å²) in [6.45, 7) is 1.74. The van der Waals surface area contributed by atoms with Gasteiger partial charge in [0.2, 0.25) is 10.0 Å². The molecule has 2 N–H and O–H groups in total. The Morgan fingerprint density at radius 3 is 2.57 bits per heavy atom. The lowest BCUT2D eigenvalue weighted by molar-refractivity contribution is 0.244. The molecule has 1 heterocycles. The Balaban J connectivity index is 2.11. The highest BCUT2D eigenvalue weighted by molar-refractivity contribution is 8.00. The molecule has 1 aliphatic rings. The van der Waals surface area contributed by atoms with Gasteiger partial charge in [-0.3, -0.25) is 0 Å². The Morgan fingerprint density at radius 2 is 2.05 bits per heavy atom. The molecule has 1 fully saturated rings. The van der Waals surface area contributed by atoms with Gasteiger partial charge in [-0.15, -0.1) is 0 Å². The summed E-state index contributed by atoms with van der Waals surface area (Å²) in [4.78, 5) is 0.124. The average molecular weight is 333 g/mol. The third kappa shape index (κ3) is 3.83. The molecule has 1 saturated carbocycles. The molecule has 21 heavy (non-hydrogen) atoms. The molecule has 0 unspecified atom stereocenters. The third-order valence-electron chi connectivity index (χ3n) is 4.15. The predicted octanol–water partition coefficient (Wildman–Crippen LogP) is 2.42. The monoisotopic (exact) mass is 333 g/mol. The van der Waals surface area contributed by atoms with Crippen LogP contribution in [0.2, 0.25) is 0 Å². The van der Waals surface area contributed by atoms with Gasteiger partial charge in [-0.2, -0.15) is 11.8 Å². The summed E-state index contributed by atoms with van der Waals surface area (Å²) >= 11 is 1.75. The van der Waals surface area contributed by atoms with Gasteiger partial charge in [0, 0.05) is 17.4 Å². The van der Waals surface area contributed by atoms with Crippen LogP contribution in [0, 0.1) is 6.92 Å². The van der Waals surface area contributed by atoms with E-state index in [1.54, 1.807) is 18.7 Å². The van der Waals surface area contributed by atoms with Crippen molar-refractivity contribution in [2.45, 2.75) is 55.3 Å². The second kappa shape index (κ2) is 6.73. The summed E-state index contributed by atoms with van der Waals surface area (Å²) in [7, 11) is -3.60. The molecule has 7 heteroatoms. The molecule has 0 radical (unpaired) electrons. The molecule has 0 aliphatic heterocycles. The molecule has 0 saturated heterocycles. The van der Waals surface area contributed by atoms with E-state index in [2.05, 4.69) is 4.72 Å². The highest BCUT2D eigenvalue weighted by Gasteiger charge is 2.33. The number of furan rings is 1. The predicted molar refractivity (Wildman–Crippen MR) is 83.9 cm³/mol. The number of hydrogen-bond donors (Lipinski definition) is 2. The highest BCUT2D eigenvalue weighted by atomic mass is 32.2. The lowest BCUT2D eigenvalue weighted by atomic mass is 9.88. The molecule has 0 aromatic carbocycles. The fraction of sp³-hybridized carbons (Fsp3) is 0.714. The Bertz CT molecular complexity index is 574. The molecule has 5 nitrogen and oxygen atoms in total. The summed E-state index contributed by atoms with van der Waals surface area (Å²) in [5.74, 6) is 0.582. The third-order valence-corrected chi connectivity index (χ3v) is 7.08. The zero-order valence-electron chi connectivity index (χ0n) is 12.5. The van der Waals surface area contributed by atoms with Crippen molar-refractivity contribution in [1.82, 2.24) is 4.72 Å². The van der Waals surface area contributed by atoms with Crippen molar-refractivity contribution >= 4 is 21.8 Å². The highest BCUT2D eigenvalue weighted by Crippen LogP contribution is 2.38. The first-order chi connectivity index (χ1) is 9.92. The van der Waals surface area contributed by atoms with Gasteiger partial charge in [0.05, 0.1) is 0 Å². The number of sulfonamides is 1. The zero-order valence-corrected chi connectivity index (χ0v) is 14.1. The van der Waals surface area contributed by atoms with Crippen LogP contribution in [0.4, 0.5) is 0 Å². The van der Waals surface area contributed by atoms with Crippen LogP contribution in [-0.4, -0.2) is 31.1 Å². The first kappa shape index (κ1) is 16.9. The van der Waals surface area contributed by atoms with E-state index in [1.165, 1.54) is 12.5 Å². The maximum Gasteiger partial charge on any atom is 0.244 e. The van der Waals surface area contributed by atoms with Gasteiger partial charge in [-0.1, -0.05) is 19.3 Å². The average Bonchev–Trinajstić information content (AvgIpc) is 2.88. The van der Waals surface area contributed by atoms with Gasteiger partial charge < -0.3 is 9.52 Å². The molecule has 0 bridgehead atoms. The molecule has 0 amide bonds. The summed E-state index contributed by atoms with van der Waals surface area (Å²) in [5, 5.41) is 9.04. The number of aliphatic hydroxyl groups is 1. The van der Waals surface area contributed by atoms with Crippen LogP contribution in [0.25, 0.3) is 0 Å². The molecule has 2 rings (SSSR count). The maximum atomic E-state index is 12.4. The van der Waals surface area contributed by atoms with Crippen molar-refractivity contribution in [3.8, 4) is 0 Å². The van der Waals surface area contributed by atoms with E-state index < -0.39 is 10.0 Å². The van der Waals surface area contributed by atoms with Gasteiger partial charge >= 0.3 is 0 Å². The van der Waals surface area contributed by atoms with Crippen LogP contribution in [0.1, 0.15) is 43.6 Å². The van der Waals surface area contributed by atoms with E-state index in [9.17, 15) is 8.42 Å². The molecule has 1 aromatic heterocycles. The van der Waals surface area contributed by atoms with E-state index in [4.69, 9.17) is 9.52 Å². The second-order valence-corrected chi connectivity index (χ2v) is 8.57. The van der Waals surface area contributed by atoms with Crippen molar-refractivity contribution in [3.63, 3.8) is 0 Å². The fourth-order valence-electron chi connectivity index (χ4n) is 2.82. The first-order valence-corrected chi connectivity index (χ1v) is 9.88. The molecule has 0 spiro atoms. The van der Waals surface area contributed by atoms with E-state index in [0.717, 1.165) is 25.7 Å². The van der Waals surface area contributed by atoms with Gasteiger partial charge in [0.1, 0.15) is 23.0 Å². The normalized spacial score (nSPS) is 18.8. The van der Waals surface area contributed by atoms with Crippen molar-refractivity contribution in [3.05, 3.63) is 17.6 Å². The van der Waals surface area contributed by atoms with Crippen molar-refractivity contribution in [2.75, 3.05) is 12.8 Å². The lowest BCUT2D eigenvalue weighted by Crippen LogP contribution is -2.41. The Labute approximate surface area is 130 Å². The molecule has 1 aromatic rings. The number of aliphatic hydroxyl groups excluding tert-OH is 1. The largest absolute Gasteiger partial charge is 0.462 e. The molecule has 0 atom stereocenters. The standard InChI is InChI=1S/C14H23NO4S2/c1-11-13(8-12(9-16)19-11)21(17,18)15-10-14(20-2)6-4-3-5-7-14/h8,15-16H,3-7,9-10H2,1-2H3. The number of hydrogen-bond acceptors (Lipinski definition) is 5. The van der Waals surface area contributed by atoms with Gasteiger partial charge in [-0.25, -0.2) is 13.1 Å². The topological polar surface area (TPSA) is 79.5 Å². The summed E-state index contributed by atoms with van der Waals surface area (Å²) < 4.78 is 32.8. The molecular weight excluding hydrogens is 310 g/mol. The molecule has 1 aliphatic carbocycles. The quantitative estimate of drug-likeness (QED) is 0.836. The van der Waals surface area contributed by atoms with Crippen molar-refractivity contribution in [1.29, 1.82) is 0 Å². The maximum absolute atomic E-state index is 12.4. The lowest BCUT2D eigenvalue weighted by Gasteiger charge is -2.35. The summed E-state index contributed by atoms with van der Waals surface area (Å²) in [5.41, 5.74) is 0. The Kier molecular flexibility index (Phi) is 5.40. The van der Waals surface area contributed by atoms with Crippen molar-refractivity contribution in [2.24, 2.45) is 0 Å². The molecular formula is C14H23NO4S2. The van der Waals surface area contributed by atoms with Crippen molar-refractivity contribution < 1.29 is 17.9 Å². The van der Waals surface area contributed by atoms with Gasteiger partial charge in [0.15, 0.2) is 0 Å². The number of aryl methyl sites for hydroxylation is 1. The van der Waals surface area contributed by atoms with Crippen LogP contribution >= 0.6 is 11.8 Å². The van der Waals surface area contributed by atoms with Gasteiger partial charge in [0.25, 0.3) is 0 Å².